The summed E-state index contributed by atoms with van der Waals surface area (Å²) in [5.74, 6) is 0.555. The molecule has 2 aliphatic carbocycles. The minimum atomic E-state index is -3.82. The number of allylic oxidation sites excluding steroid dienone is 2. The van der Waals surface area contributed by atoms with Gasteiger partial charge in [-0.05, 0) is 49.8 Å². The van der Waals surface area contributed by atoms with Gasteiger partial charge >= 0.3 is 10.1 Å². The summed E-state index contributed by atoms with van der Waals surface area (Å²) in [5.41, 5.74) is 1.06. The third kappa shape index (κ3) is 4.32. The second-order valence-corrected chi connectivity index (χ2v) is 9.81. The minimum absolute atomic E-state index is 0.107. The zero-order valence-electron chi connectivity index (χ0n) is 17.2. The number of halogens is 1. The molecule has 0 N–H and O–H groups in total. The Bertz CT molecular complexity index is 917. The molecular weight excluding hydrogens is 416 g/mol. The number of carbonyl (C=O) groups excluding carboxylic acids is 1. The number of methoxy groups -OCH3 is 2. The molecule has 0 aliphatic heterocycles. The lowest BCUT2D eigenvalue weighted by Gasteiger charge is -2.37. The minimum Gasteiger partial charge on any atom is -0.496 e. The Morgan fingerprint density at radius 3 is 2.38 bits per heavy atom. The van der Waals surface area contributed by atoms with Gasteiger partial charge in [0.05, 0.1) is 25.0 Å². The van der Waals surface area contributed by atoms with Crippen molar-refractivity contribution in [1.29, 1.82) is 0 Å². The Hall–Kier alpha value is -1.57. The number of ether oxygens (including phenoxy) is 2. The van der Waals surface area contributed by atoms with Crippen LogP contribution in [0.3, 0.4) is 0 Å². The van der Waals surface area contributed by atoms with Gasteiger partial charge in [0.25, 0.3) is 0 Å². The highest BCUT2D eigenvalue weighted by atomic mass is 35.5. The van der Waals surface area contributed by atoms with Crippen LogP contribution >= 0.6 is 11.6 Å². The molecule has 0 saturated heterocycles. The molecule has 6 nitrogen and oxygen atoms in total. The SMILES string of the molecule is CCc1cc(Cl)cc(OC)c1C1=C(OS(C)(=O)=O)C2(CCC(OC)CC2)CC1=O. The molecule has 0 unspecified atom stereocenters. The Labute approximate surface area is 177 Å². The number of carbonyl (C=O) groups is 1. The maximum atomic E-state index is 13.3. The first kappa shape index (κ1) is 22.1. The molecule has 8 heteroatoms. The van der Waals surface area contributed by atoms with E-state index >= 15 is 0 Å². The van der Waals surface area contributed by atoms with Crippen molar-refractivity contribution < 1.29 is 26.9 Å². The smallest absolute Gasteiger partial charge is 0.305 e. The first-order chi connectivity index (χ1) is 13.6. The van der Waals surface area contributed by atoms with E-state index in [-0.39, 0.29) is 24.1 Å². The Morgan fingerprint density at radius 1 is 1.21 bits per heavy atom. The Kier molecular flexibility index (Phi) is 6.32. The van der Waals surface area contributed by atoms with Crippen molar-refractivity contribution in [1.82, 2.24) is 0 Å². The van der Waals surface area contributed by atoms with E-state index in [1.807, 2.05) is 6.92 Å². The highest BCUT2D eigenvalue weighted by Gasteiger charge is 2.51. The quantitative estimate of drug-likeness (QED) is 0.616. The fraction of sp³-hybridized carbons (Fsp3) is 0.571. The van der Waals surface area contributed by atoms with Crippen LogP contribution in [0.2, 0.25) is 5.02 Å². The van der Waals surface area contributed by atoms with Crippen LogP contribution in [0.25, 0.3) is 5.57 Å². The molecule has 1 spiro atoms. The summed E-state index contributed by atoms with van der Waals surface area (Å²) in [7, 11) is -0.646. The number of hydrogen-bond acceptors (Lipinski definition) is 6. The average Bonchev–Trinajstić information content (AvgIpc) is 2.91. The zero-order chi connectivity index (χ0) is 21.4. The van der Waals surface area contributed by atoms with E-state index in [1.165, 1.54) is 7.11 Å². The standard InChI is InChI=1S/C21H27ClO6S/c1-5-13-10-14(22)11-17(27-3)18(13)19-16(23)12-21(20(19)28-29(4,24)25)8-6-15(26-2)7-9-21/h10-11,15H,5-9,12H2,1-4H3. The molecule has 1 aromatic carbocycles. The topological polar surface area (TPSA) is 78.9 Å². The van der Waals surface area contributed by atoms with Crippen molar-refractivity contribution in [3.8, 4) is 5.75 Å². The van der Waals surface area contributed by atoms with Crippen molar-refractivity contribution in [3.05, 3.63) is 34.0 Å². The van der Waals surface area contributed by atoms with Crippen molar-refractivity contribution in [2.75, 3.05) is 20.5 Å². The van der Waals surface area contributed by atoms with E-state index in [0.29, 0.717) is 41.2 Å². The number of ketones is 1. The molecule has 29 heavy (non-hydrogen) atoms. The Balaban J connectivity index is 2.24. The lowest BCUT2D eigenvalue weighted by Crippen LogP contribution is -2.32. The van der Waals surface area contributed by atoms with Crippen LogP contribution < -0.4 is 4.74 Å². The maximum absolute atomic E-state index is 13.3. The normalized spacial score (nSPS) is 25.0. The number of aryl methyl sites for hydroxylation is 1. The molecule has 0 aromatic heterocycles. The average molecular weight is 443 g/mol. The van der Waals surface area contributed by atoms with Crippen molar-refractivity contribution >= 4 is 33.1 Å². The molecule has 0 heterocycles. The van der Waals surface area contributed by atoms with Gasteiger partial charge in [-0.2, -0.15) is 8.42 Å². The van der Waals surface area contributed by atoms with E-state index < -0.39 is 15.5 Å². The summed E-state index contributed by atoms with van der Waals surface area (Å²) in [6.07, 6.45) is 4.68. The summed E-state index contributed by atoms with van der Waals surface area (Å²) >= 11 is 6.22. The fourth-order valence-corrected chi connectivity index (χ4v) is 5.34. The number of rotatable bonds is 6. The van der Waals surface area contributed by atoms with Gasteiger partial charge in [-0.25, -0.2) is 0 Å². The monoisotopic (exact) mass is 442 g/mol. The van der Waals surface area contributed by atoms with Gasteiger partial charge in [0.1, 0.15) is 11.5 Å². The van der Waals surface area contributed by atoms with Crippen LogP contribution in [-0.2, 0) is 30.3 Å². The molecule has 2 aliphatic rings. The van der Waals surface area contributed by atoms with Crippen molar-refractivity contribution in [2.24, 2.45) is 5.41 Å². The van der Waals surface area contributed by atoms with Crippen LogP contribution in [0.5, 0.6) is 5.75 Å². The lowest BCUT2D eigenvalue weighted by molar-refractivity contribution is -0.115. The number of Topliss-reactive ketones (excluding diaryl/α,β-unsaturated/α-hetero) is 1. The van der Waals surface area contributed by atoms with Crippen molar-refractivity contribution in [3.63, 3.8) is 0 Å². The summed E-state index contributed by atoms with van der Waals surface area (Å²) in [6.45, 7) is 1.95. The zero-order valence-corrected chi connectivity index (χ0v) is 18.8. The van der Waals surface area contributed by atoms with Gasteiger partial charge in [0, 0.05) is 29.5 Å². The third-order valence-corrected chi connectivity index (χ3v) is 6.63. The first-order valence-corrected chi connectivity index (χ1v) is 11.9. The van der Waals surface area contributed by atoms with Gasteiger partial charge < -0.3 is 13.7 Å². The molecule has 0 atom stereocenters. The van der Waals surface area contributed by atoms with E-state index in [9.17, 15) is 13.2 Å². The van der Waals surface area contributed by atoms with Crippen LogP contribution in [-0.4, -0.2) is 40.8 Å². The first-order valence-electron chi connectivity index (χ1n) is 9.71. The second-order valence-electron chi connectivity index (χ2n) is 7.80. The molecule has 0 radical (unpaired) electrons. The highest BCUT2D eigenvalue weighted by molar-refractivity contribution is 7.86. The van der Waals surface area contributed by atoms with Gasteiger partial charge in [-0.1, -0.05) is 18.5 Å². The van der Waals surface area contributed by atoms with Crippen LogP contribution in [0.4, 0.5) is 0 Å². The van der Waals surface area contributed by atoms with Crippen LogP contribution in [0, 0.1) is 5.41 Å². The predicted molar refractivity (Wildman–Crippen MR) is 112 cm³/mol. The van der Waals surface area contributed by atoms with E-state index in [0.717, 1.165) is 24.7 Å². The maximum Gasteiger partial charge on any atom is 0.305 e. The van der Waals surface area contributed by atoms with Gasteiger partial charge in [0.15, 0.2) is 5.78 Å². The largest absolute Gasteiger partial charge is 0.496 e. The number of benzene rings is 1. The summed E-state index contributed by atoms with van der Waals surface area (Å²) in [6, 6.07) is 3.42. The summed E-state index contributed by atoms with van der Waals surface area (Å²) < 4.78 is 40.8. The fourth-order valence-electron chi connectivity index (χ4n) is 4.55. The molecule has 3 rings (SSSR count). The van der Waals surface area contributed by atoms with Gasteiger partial charge in [-0.3, -0.25) is 4.79 Å². The third-order valence-electron chi connectivity index (χ3n) is 5.94. The van der Waals surface area contributed by atoms with Gasteiger partial charge in [0.2, 0.25) is 0 Å². The predicted octanol–water partition coefficient (Wildman–Crippen LogP) is 4.15. The van der Waals surface area contributed by atoms with Gasteiger partial charge in [-0.15, -0.1) is 0 Å². The molecule has 1 fully saturated rings. The molecule has 1 saturated carbocycles. The van der Waals surface area contributed by atoms with E-state index in [2.05, 4.69) is 0 Å². The molecule has 0 bridgehead atoms. The van der Waals surface area contributed by atoms with E-state index in [1.54, 1.807) is 19.2 Å². The number of hydrogen-bond donors (Lipinski definition) is 0. The van der Waals surface area contributed by atoms with Crippen molar-refractivity contribution in [2.45, 2.75) is 51.6 Å². The summed E-state index contributed by atoms with van der Waals surface area (Å²) in [5, 5.41) is 0.495. The molecule has 1 aromatic rings. The van der Waals surface area contributed by atoms with Crippen LogP contribution in [0.1, 0.15) is 50.2 Å². The Morgan fingerprint density at radius 2 is 1.86 bits per heavy atom. The highest BCUT2D eigenvalue weighted by Crippen LogP contribution is 2.55. The molecular formula is C21H27ClO6S. The lowest BCUT2D eigenvalue weighted by atomic mass is 9.71. The molecule has 0 amide bonds. The summed E-state index contributed by atoms with van der Waals surface area (Å²) in [4.78, 5) is 13.3. The molecule has 160 valence electrons. The van der Waals surface area contributed by atoms with Crippen LogP contribution in [0.15, 0.2) is 17.9 Å². The second kappa shape index (κ2) is 8.28. The van der Waals surface area contributed by atoms with E-state index in [4.69, 9.17) is 25.3 Å².